The number of carbonyl (C=O) groups excluding carboxylic acids is 1. The van der Waals surface area contributed by atoms with Gasteiger partial charge in [0, 0.05) is 23.3 Å². The number of phenols is 4. The number of benzene rings is 4. The van der Waals surface area contributed by atoms with E-state index in [9.17, 15) is 25.2 Å². The summed E-state index contributed by atoms with van der Waals surface area (Å²) in [7, 11) is 0. The Hall–Kier alpha value is -4.25. The fraction of sp³-hybridized carbons (Fsp3) is 0.286. The molecule has 0 aliphatic rings. The molecule has 40 heavy (non-hydrogen) atoms. The largest absolute Gasteiger partial charge is 0.508 e. The van der Waals surface area contributed by atoms with Crippen LogP contribution in [0.2, 0.25) is 0 Å². The molecule has 208 valence electrons. The molecule has 0 heterocycles. The first-order valence-electron chi connectivity index (χ1n) is 14.0. The Balaban J connectivity index is 1.99. The maximum Gasteiger partial charge on any atom is 0.156 e. The normalized spacial score (nSPS) is 12.7. The van der Waals surface area contributed by atoms with Crippen LogP contribution in [0.15, 0.2) is 72.8 Å². The zero-order valence-corrected chi connectivity index (χ0v) is 23.6. The molecule has 4 aromatic rings. The number of hydrogen-bond acceptors (Lipinski definition) is 5. The van der Waals surface area contributed by atoms with Crippen molar-refractivity contribution in [2.24, 2.45) is 0 Å². The highest BCUT2D eigenvalue weighted by Crippen LogP contribution is 2.44. The third-order valence-corrected chi connectivity index (χ3v) is 7.85. The number of Topliss-reactive ketones (excluding diaryl/α,β-unsaturated/α-hetero) is 1. The van der Waals surface area contributed by atoms with Crippen molar-refractivity contribution >= 4 is 5.78 Å². The van der Waals surface area contributed by atoms with E-state index in [0.717, 1.165) is 24.0 Å². The molecule has 4 rings (SSSR count). The lowest BCUT2D eigenvalue weighted by Gasteiger charge is -2.26. The molecular formula is C35H38O5. The SMILES string of the molecule is CCc1ccc(C(C(=O)C(c2ccc(CC)cc2)c2cc(CC)c(O)cc2O)c2cc(CC)c(O)cc2O)cc1. The third-order valence-electron chi connectivity index (χ3n) is 7.85. The van der Waals surface area contributed by atoms with Crippen LogP contribution in [0, 0.1) is 0 Å². The molecule has 0 radical (unpaired) electrons. The molecule has 0 saturated heterocycles. The first-order chi connectivity index (χ1) is 19.2. The van der Waals surface area contributed by atoms with Crippen LogP contribution in [0.4, 0.5) is 0 Å². The van der Waals surface area contributed by atoms with E-state index in [1.807, 2.05) is 62.4 Å². The van der Waals surface area contributed by atoms with Crippen LogP contribution in [0.25, 0.3) is 0 Å². The molecule has 0 amide bonds. The second-order valence-corrected chi connectivity index (χ2v) is 10.2. The Kier molecular flexibility index (Phi) is 8.83. The van der Waals surface area contributed by atoms with Crippen molar-refractivity contribution < 1.29 is 25.2 Å². The van der Waals surface area contributed by atoms with Crippen molar-refractivity contribution in [3.63, 3.8) is 0 Å². The maximum absolute atomic E-state index is 14.9. The highest BCUT2D eigenvalue weighted by atomic mass is 16.3. The number of rotatable bonds is 10. The van der Waals surface area contributed by atoms with E-state index in [4.69, 9.17) is 0 Å². The van der Waals surface area contributed by atoms with Gasteiger partial charge in [-0.15, -0.1) is 0 Å². The Morgan fingerprint density at radius 1 is 0.525 bits per heavy atom. The minimum absolute atomic E-state index is 0.0215. The zero-order chi connectivity index (χ0) is 29.0. The van der Waals surface area contributed by atoms with Crippen LogP contribution in [-0.2, 0) is 30.5 Å². The summed E-state index contributed by atoms with van der Waals surface area (Å²) >= 11 is 0. The van der Waals surface area contributed by atoms with Crippen molar-refractivity contribution in [2.75, 3.05) is 0 Å². The molecule has 5 nitrogen and oxygen atoms in total. The summed E-state index contributed by atoms with van der Waals surface area (Å²) < 4.78 is 0. The molecule has 0 aliphatic heterocycles. The zero-order valence-electron chi connectivity index (χ0n) is 23.6. The molecule has 0 spiro atoms. The molecular weight excluding hydrogens is 500 g/mol. The van der Waals surface area contributed by atoms with Crippen LogP contribution >= 0.6 is 0 Å². The summed E-state index contributed by atoms with van der Waals surface area (Å²) in [6.07, 6.45) is 2.73. The fourth-order valence-electron chi connectivity index (χ4n) is 5.36. The fourth-order valence-corrected chi connectivity index (χ4v) is 5.36. The smallest absolute Gasteiger partial charge is 0.156 e. The number of ketones is 1. The van der Waals surface area contributed by atoms with E-state index in [2.05, 4.69) is 13.8 Å². The quantitative estimate of drug-likeness (QED) is 0.170. The molecule has 4 aromatic carbocycles. The lowest BCUT2D eigenvalue weighted by Crippen LogP contribution is -2.23. The van der Waals surface area contributed by atoms with E-state index >= 15 is 0 Å². The van der Waals surface area contributed by atoms with Gasteiger partial charge >= 0.3 is 0 Å². The number of phenolic OH excluding ortho intramolecular Hbond substituents is 4. The summed E-state index contributed by atoms with van der Waals surface area (Å²) in [5.41, 5.74) is 5.69. The van der Waals surface area contributed by atoms with Crippen LogP contribution in [-0.4, -0.2) is 26.2 Å². The molecule has 2 unspecified atom stereocenters. The number of hydrogen-bond donors (Lipinski definition) is 4. The van der Waals surface area contributed by atoms with Gasteiger partial charge in [-0.2, -0.15) is 0 Å². The van der Waals surface area contributed by atoms with Crippen molar-refractivity contribution in [3.05, 3.63) is 117 Å². The van der Waals surface area contributed by atoms with Gasteiger partial charge in [0.15, 0.2) is 5.78 Å². The summed E-state index contributed by atoms with van der Waals surface area (Å²) in [5, 5.41) is 42.9. The number of aryl methyl sites for hydroxylation is 4. The molecule has 2 atom stereocenters. The average molecular weight is 539 g/mol. The van der Waals surface area contributed by atoms with E-state index in [-0.39, 0.29) is 28.8 Å². The highest BCUT2D eigenvalue weighted by molar-refractivity contribution is 5.98. The van der Waals surface area contributed by atoms with Crippen LogP contribution < -0.4 is 0 Å². The van der Waals surface area contributed by atoms with Gasteiger partial charge < -0.3 is 20.4 Å². The van der Waals surface area contributed by atoms with Crippen LogP contribution in [0.5, 0.6) is 23.0 Å². The first kappa shape index (κ1) is 28.8. The molecule has 4 N–H and O–H groups in total. The predicted octanol–water partition coefficient (Wildman–Crippen LogP) is 7.29. The van der Waals surface area contributed by atoms with Crippen molar-refractivity contribution in [3.8, 4) is 23.0 Å². The molecule has 0 saturated carbocycles. The minimum Gasteiger partial charge on any atom is -0.508 e. The summed E-state index contributed by atoms with van der Waals surface area (Å²) in [4.78, 5) is 14.9. The number of aromatic hydroxyl groups is 4. The van der Waals surface area contributed by atoms with Crippen LogP contribution in [0.1, 0.15) is 84.0 Å². The third kappa shape index (κ3) is 5.69. The minimum atomic E-state index is -0.883. The van der Waals surface area contributed by atoms with Gasteiger partial charge in [0.25, 0.3) is 0 Å². The summed E-state index contributed by atoms with van der Waals surface area (Å²) in [5.74, 6) is -2.39. The lowest BCUT2D eigenvalue weighted by molar-refractivity contribution is -0.120. The maximum atomic E-state index is 14.9. The van der Waals surface area contributed by atoms with Gasteiger partial charge in [-0.1, -0.05) is 76.2 Å². The Morgan fingerprint density at radius 3 is 1.18 bits per heavy atom. The average Bonchev–Trinajstić information content (AvgIpc) is 2.96. The Morgan fingerprint density at radius 2 is 0.875 bits per heavy atom. The standard InChI is InChI=1S/C35H38O5/c1-5-21-9-13-25(14-10-21)33(27-17-23(7-3)29(36)19-31(27)38)35(40)34(26-15-11-22(6-2)12-16-26)28-18-24(8-4)30(37)20-32(28)39/h9-20,33-34,36-39H,5-8H2,1-4H3. The summed E-state index contributed by atoms with van der Waals surface area (Å²) in [6.45, 7) is 7.93. The van der Waals surface area contributed by atoms with Gasteiger partial charge in [-0.25, -0.2) is 0 Å². The molecule has 0 aromatic heterocycles. The van der Waals surface area contributed by atoms with Gasteiger partial charge in [0.1, 0.15) is 23.0 Å². The first-order valence-corrected chi connectivity index (χ1v) is 14.0. The number of carbonyl (C=O) groups is 1. The molecule has 0 bridgehead atoms. The molecule has 0 aliphatic carbocycles. The Labute approximate surface area is 236 Å². The van der Waals surface area contributed by atoms with Gasteiger partial charge in [0.2, 0.25) is 0 Å². The van der Waals surface area contributed by atoms with Gasteiger partial charge in [-0.05, 0) is 71.2 Å². The van der Waals surface area contributed by atoms with E-state index < -0.39 is 11.8 Å². The van der Waals surface area contributed by atoms with E-state index in [1.165, 1.54) is 12.1 Å². The van der Waals surface area contributed by atoms with Crippen molar-refractivity contribution in [2.45, 2.75) is 65.2 Å². The second-order valence-electron chi connectivity index (χ2n) is 10.2. The lowest BCUT2D eigenvalue weighted by atomic mass is 9.75. The van der Waals surface area contributed by atoms with Gasteiger partial charge in [-0.3, -0.25) is 4.79 Å². The molecule has 0 fully saturated rings. The monoisotopic (exact) mass is 538 g/mol. The summed E-state index contributed by atoms with van der Waals surface area (Å²) in [6, 6.07) is 21.5. The van der Waals surface area contributed by atoms with E-state index in [0.29, 0.717) is 46.2 Å². The van der Waals surface area contributed by atoms with E-state index in [1.54, 1.807) is 12.1 Å². The predicted molar refractivity (Wildman–Crippen MR) is 159 cm³/mol. The highest BCUT2D eigenvalue weighted by Gasteiger charge is 2.35. The van der Waals surface area contributed by atoms with Gasteiger partial charge in [0.05, 0.1) is 11.8 Å². The second kappa shape index (κ2) is 12.3. The van der Waals surface area contributed by atoms with Crippen molar-refractivity contribution in [1.82, 2.24) is 0 Å². The van der Waals surface area contributed by atoms with Crippen molar-refractivity contribution in [1.29, 1.82) is 0 Å². The molecule has 5 heteroatoms. The topological polar surface area (TPSA) is 98.0 Å². The van der Waals surface area contributed by atoms with Crippen LogP contribution in [0.3, 0.4) is 0 Å². The Bertz CT molecular complexity index is 1370.